The SMILES string of the molecule is CCCCCCCCN1C(=O)C2=C(c3ccc(-c4cc5c(s4)/C(=C4/C(=O)N(CC(CC)CCCC)c6ccsc64)C(=O)N5CC(CC)CCCC)cc3)N(CCCCCCCC)C(=O)C2=C1c1ccc(-c2cc3c(s2)/C(=C2/C(=O)N(CC(CC)CCCC)c4ccsc42)C(=O)N3CC(CC)CCCC)cc1. The number of carbonyl (C=O) groups excluding carboxylic acids is 6. The van der Waals surface area contributed by atoms with Crippen LogP contribution in [0, 0.1) is 23.7 Å². The molecule has 0 radical (unpaired) electrons. The van der Waals surface area contributed by atoms with Crippen LogP contribution in [0.25, 0.3) is 54.6 Å². The lowest BCUT2D eigenvalue weighted by molar-refractivity contribution is -0.124. The van der Waals surface area contributed by atoms with E-state index in [1.54, 1.807) is 45.3 Å². The summed E-state index contributed by atoms with van der Waals surface area (Å²) in [5.41, 5.74) is 11.5. The number of rotatable bonds is 42. The van der Waals surface area contributed by atoms with Crippen molar-refractivity contribution in [3.63, 3.8) is 0 Å². The van der Waals surface area contributed by atoms with Crippen molar-refractivity contribution in [3.8, 4) is 20.9 Å². The summed E-state index contributed by atoms with van der Waals surface area (Å²) in [6, 6.07) is 25.2. The highest BCUT2D eigenvalue weighted by molar-refractivity contribution is 7.19. The van der Waals surface area contributed by atoms with Crippen LogP contribution < -0.4 is 19.6 Å². The van der Waals surface area contributed by atoms with Crippen molar-refractivity contribution in [1.82, 2.24) is 9.80 Å². The first kappa shape index (κ1) is 78.6. The molecule has 12 rings (SSSR count). The Hall–Kier alpha value is -6.98. The minimum atomic E-state index is -0.144. The smallest absolute Gasteiger partial charge is 0.261 e. The van der Waals surface area contributed by atoms with E-state index in [1.807, 2.05) is 29.4 Å². The number of hydrogen-bond acceptors (Lipinski definition) is 10. The van der Waals surface area contributed by atoms with Gasteiger partial charge in [0.1, 0.15) is 0 Å². The zero-order chi connectivity index (χ0) is 74.7. The van der Waals surface area contributed by atoms with Gasteiger partial charge in [0, 0.05) is 49.0 Å². The first-order valence-electron chi connectivity index (χ1n) is 41.3. The average Bonchev–Trinajstić information content (AvgIpc) is 1.57. The zero-order valence-electron chi connectivity index (χ0n) is 65.2. The number of carbonyl (C=O) groups is 6. The van der Waals surface area contributed by atoms with Crippen LogP contribution in [0.5, 0.6) is 0 Å². The Morgan fingerprint density at radius 1 is 0.283 bits per heavy atom. The number of nitrogens with zero attached hydrogens (tertiary/aromatic N) is 6. The fourth-order valence-electron chi connectivity index (χ4n) is 17.0. The summed E-state index contributed by atoms with van der Waals surface area (Å²) < 4.78 is 0. The summed E-state index contributed by atoms with van der Waals surface area (Å²) in [7, 11) is 0. The third kappa shape index (κ3) is 15.9. The van der Waals surface area contributed by atoms with Crippen molar-refractivity contribution in [2.24, 2.45) is 23.7 Å². The van der Waals surface area contributed by atoms with E-state index in [4.69, 9.17) is 0 Å². The lowest BCUT2D eigenvalue weighted by Crippen LogP contribution is -2.34. The number of unbranched alkanes of at least 4 members (excludes halogenated alkanes) is 14. The summed E-state index contributed by atoms with van der Waals surface area (Å²) in [5, 5.41) is 4.12. The summed E-state index contributed by atoms with van der Waals surface area (Å²) in [6.45, 7) is 25.6. The number of fused-ring (bicyclic) bond motifs is 5. The van der Waals surface area contributed by atoms with E-state index in [2.05, 4.69) is 153 Å². The summed E-state index contributed by atoms with van der Waals surface area (Å²) >= 11 is 6.27. The van der Waals surface area contributed by atoms with Crippen LogP contribution in [0.15, 0.2) is 94.7 Å². The molecule has 4 atom stereocenters. The van der Waals surface area contributed by atoms with Gasteiger partial charge in [0.05, 0.1) is 87.1 Å². The zero-order valence-corrected chi connectivity index (χ0v) is 68.5. The number of amides is 6. The maximum atomic E-state index is 15.9. The van der Waals surface area contributed by atoms with Gasteiger partial charge >= 0.3 is 0 Å². The minimum absolute atomic E-state index is 0.0722. The highest BCUT2D eigenvalue weighted by Gasteiger charge is 2.50. The Labute approximate surface area is 649 Å². The third-order valence-corrected chi connectivity index (χ3v) is 27.8. The van der Waals surface area contributed by atoms with Gasteiger partial charge in [0.2, 0.25) is 0 Å². The molecule has 566 valence electrons. The molecule has 0 fully saturated rings. The van der Waals surface area contributed by atoms with Crippen LogP contribution >= 0.6 is 45.3 Å². The molecule has 0 saturated carbocycles. The second kappa shape index (κ2) is 36.5. The monoisotopic (exact) mass is 1500 g/mol. The molecule has 2 aromatic carbocycles. The summed E-state index contributed by atoms with van der Waals surface area (Å²) in [4.78, 5) is 109. The summed E-state index contributed by atoms with van der Waals surface area (Å²) in [5.74, 6) is 0.733. The molecule has 16 heteroatoms. The van der Waals surface area contributed by atoms with Gasteiger partial charge < -0.3 is 29.4 Å². The Balaban J connectivity index is 0.926. The molecule has 0 aliphatic carbocycles. The van der Waals surface area contributed by atoms with Gasteiger partial charge in [0.15, 0.2) is 0 Å². The molecule has 106 heavy (non-hydrogen) atoms. The van der Waals surface area contributed by atoms with Gasteiger partial charge in [-0.2, -0.15) is 0 Å². The van der Waals surface area contributed by atoms with Gasteiger partial charge in [-0.1, -0.05) is 259 Å². The molecular formula is C90H116N6O6S4. The fraction of sp³-hybridized carbons (Fsp3) is 0.533. The molecular weight excluding hydrogens is 1390 g/mol. The Bertz CT molecular complexity index is 4000. The number of benzene rings is 2. The molecule has 12 nitrogen and oxygen atoms in total. The van der Waals surface area contributed by atoms with E-state index >= 15 is 28.8 Å². The fourth-order valence-corrected chi connectivity index (χ4v) is 21.3. The van der Waals surface area contributed by atoms with E-state index in [0.717, 1.165) is 241 Å². The molecule has 0 N–H and O–H groups in total. The molecule has 6 aliphatic heterocycles. The van der Waals surface area contributed by atoms with Crippen molar-refractivity contribution < 1.29 is 28.8 Å². The highest BCUT2D eigenvalue weighted by atomic mass is 32.1. The van der Waals surface area contributed by atoms with Crippen molar-refractivity contribution >= 4 is 137 Å². The third-order valence-electron chi connectivity index (χ3n) is 23.6. The maximum absolute atomic E-state index is 15.9. The van der Waals surface area contributed by atoms with Gasteiger partial charge in [-0.15, -0.1) is 45.3 Å². The predicted molar refractivity (Wildman–Crippen MR) is 448 cm³/mol. The Kier molecular flexibility index (Phi) is 27.1. The maximum Gasteiger partial charge on any atom is 0.261 e. The lowest BCUT2D eigenvalue weighted by atomic mass is 9.98. The minimum Gasteiger partial charge on any atom is -0.307 e. The van der Waals surface area contributed by atoms with Gasteiger partial charge in [0.25, 0.3) is 35.4 Å². The number of hydrogen-bond donors (Lipinski definition) is 0. The topological polar surface area (TPSA) is 122 Å². The van der Waals surface area contributed by atoms with Crippen LogP contribution in [0.3, 0.4) is 0 Å². The molecule has 6 amide bonds. The first-order valence-corrected chi connectivity index (χ1v) is 44.7. The highest BCUT2D eigenvalue weighted by Crippen LogP contribution is 2.56. The van der Waals surface area contributed by atoms with Crippen LogP contribution in [0.1, 0.15) is 280 Å². The molecule has 0 saturated heterocycles. The Morgan fingerprint density at radius 2 is 0.557 bits per heavy atom. The quantitative estimate of drug-likeness (QED) is 0.0278. The molecule has 10 heterocycles. The van der Waals surface area contributed by atoms with Crippen molar-refractivity contribution in [2.75, 3.05) is 58.9 Å². The second-order valence-electron chi connectivity index (χ2n) is 30.8. The summed E-state index contributed by atoms with van der Waals surface area (Å²) in [6.07, 6.45) is 29.4. The Morgan fingerprint density at radius 3 is 0.868 bits per heavy atom. The largest absolute Gasteiger partial charge is 0.307 e. The van der Waals surface area contributed by atoms with Gasteiger partial charge in [-0.3, -0.25) is 28.8 Å². The number of anilines is 4. The molecule has 6 aliphatic rings. The van der Waals surface area contributed by atoms with E-state index < -0.39 is 0 Å². The first-order chi connectivity index (χ1) is 51.7. The molecule has 0 bridgehead atoms. The molecule has 0 spiro atoms. The predicted octanol–water partition coefficient (Wildman–Crippen LogP) is 23.9. The van der Waals surface area contributed by atoms with Gasteiger partial charge in [-0.25, -0.2) is 0 Å². The van der Waals surface area contributed by atoms with E-state index in [9.17, 15) is 0 Å². The van der Waals surface area contributed by atoms with E-state index in [-0.39, 0.29) is 35.4 Å². The van der Waals surface area contributed by atoms with Crippen molar-refractivity contribution in [1.29, 1.82) is 0 Å². The lowest BCUT2D eigenvalue weighted by Gasteiger charge is -2.25. The normalized spacial score (nSPS) is 18.2. The number of thiophene rings is 4. The average molecular weight is 1510 g/mol. The van der Waals surface area contributed by atoms with Crippen LogP contribution in [0.2, 0.25) is 0 Å². The van der Waals surface area contributed by atoms with E-state index in [1.165, 1.54) is 12.8 Å². The molecule has 4 unspecified atom stereocenters. The van der Waals surface area contributed by atoms with Crippen LogP contribution in [0.4, 0.5) is 22.7 Å². The standard InChI is InChI=1S/C90H116N6O6S4/c1-11-21-27-29-31-33-49-91-79(65-43-39-63(40-44-65)71-53-69-83(105-71)77(89(101)95(69)57-61(19-9)37-25-15-5)75-81-67(47-51-103-81)93(87(75)99)55-59(17-7)35-23-13-3)73-74(85(91)97)80(92(86(73)98)50-34-32-30-28-22-12-2)66-45-41-64(42-46-66)72-54-70-84(106-72)78(90(102)96(70)58-62(20-10)38-26-16-6)76-82-68(48-52-104-82)94(88(76)100)56-60(18-8)36-24-14-4/h39-48,51-54,59-62H,11-38,49-50,55-58H2,1-10H3/b77-75-,78-76-. The van der Waals surface area contributed by atoms with Crippen molar-refractivity contribution in [3.05, 3.63) is 125 Å². The van der Waals surface area contributed by atoms with Crippen LogP contribution in [-0.4, -0.2) is 84.5 Å². The molecule has 6 aromatic rings. The van der Waals surface area contributed by atoms with Crippen LogP contribution in [-0.2, 0) is 28.8 Å². The second-order valence-corrected chi connectivity index (χ2v) is 34.7. The van der Waals surface area contributed by atoms with Gasteiger partial charge in [-0.05, 0) is 119 Å². The van der Waals surface area contributed by atoms with Crippen molar-refractivity contribution in [2.45, 2.75) is 249 Å². The van der Waals surface area contributed by atoms with E-state index in [0.29, 0.717) is 108 Å². The molecule has 4 aromatic heterocycles.